The minimum atomic E-state index is -4.58. The third-order valence-corrected chi connectivity index (χ3v) is 3.33. The first-order valence-corrected chi connectivity index (χ1v) is 6.83. The Bertz CT molecular complexity index is 678. The van der Waals surface area contributed by atoms with E-state index in [4.69, 9.17) is 0 Å². The van der Waals surface area contributed by atoms with E-state index >= 15 is 0 Å². The molecule has 11 heteroatoms. The van der Waals surface area contributed by atoms with Gasteiger partial charge in [-0.2, -0.15) is 13.2 Å². The number of carbonyl (C=O) groups is 2. The van der Waals surface area contributed by atoms with Gasteiger partial charge in [0.1, 0.15) is 6.54 Å². The standard InChI is InChI=1S/C13H13F3N4O4/c14-13(15,16)7-17-12(22)18-11(21)6-19-5-4-8-9(19)2-1-3-10(8)20(23)24/h1-3H,4-7H2,(H2,17,18,21,22). The molecule has 1 aromatic rings. The molecular formula is C13H13F3N4O4. The number of imide groups is 1. The molecule has 1 aliphatic heterocycles. The van der Waals surface area contributed by atoms with Gasteiger partial charge in [-0.05, 0) is 12.5 Å². The van der Waals surface area contributed by atoms with Crippen molar-refractivity contribution < 1.29 is 27.7 Å². The maximum Gasteiger partial charge on any atom is 0.405 e. The van der Waals surface area contributed by atoms with E-state index < -0.39 is 29.6 Å². The number of nitrogens with one attached hydrogen (secondary N) is 2. The van der Waals surface area contributed by atoms with Crippen LogP contribution in [0.2, 0.25) is 0 Å². The number of hydrogen-bond donors (Lipinski definition) is 2. The Balaban J connectivity index is 1.95. The Morgan fingerprint density at radius 1 is 1.33 bits per heavy atom. The summed E-state index contributed by atoms with van der Waals surface area (Å²) in [5.74, 6) is -0.811. The molecule has 0 radical (unpaired) electrons. The number of alkyl halides is 3. The fourth-order valence-electron chi connectivity index (χ4n) is 2.38. The highest BCUT2D eigenvalue weighted by molar-refractivity contribution is 5.96. The maximum absolute atomic E-state index is 12.0. The van der Waals surface area contributed by atoms with E-state index in [0.717, 1.165) is 0 Å². The molecule has 130 valence electrons. The zero-order valence-electron chi connectivity index (χ0n) is 12.2. The minimum Gasteiger partial charge on any atom is -0.361 e. The Morgan fingerprint density at radius 3 is 2.67 bits per heavy atom. The van der Waals surface area contributed by atoms with Crippen LogP contribution in [0.4, 0.5) is 29.3 Å². The molecule has 1 aromatic carbocycles. The van der Waals surface area contributed by atoms with Crippen LogP contribution in [0.25, 0.3) is 0 Å². The van der Waals surface area contributed by atoms with Crippen molar-refractivity contribution in [2.75, 3.05) is 24.5 Å². The van der Waals surface area contributed by atoms with Gasteiger partial charge >= 0.3 is 12.2 Å². The molecule has 2 rings (SSSR count). The van der Waals surface area contributed by atoms with Gasteiger partial charge in [-0.1, -0.05) is 6.07 Å². The molecule has 0 atom stereocenters. The molecule has 0 aromatic heterocycles. The number of urea groups is 1. The number of halogens is 3. The fourth-order valence-corrected chi connectivity index (χ4v) is 2.38. The summed E-state index contributed by atoms with van der Waals surface area (Å²) in [6, 6.07) is 3.18. The Labute approximate surface area is 133 Å². The first-order valence-electron chi connectivity index (χ1n) is 6.83. The number of anilines is 1. The van der Waals surface area contributed by atoms with Crippen molar-refractivity contribution in [2.24, 2.45) is 0 Å². The van der Waals surface area contributed by atoms with Crippen LogP contribution < -0.4 is 15.5 Å². The lowest BCUT2D eigenvalue weighted by Crippen LogP contribution is -2.46. The molecule has 0 saturated heterocycles. The van der Waals surface area contributed by atoms with Crippen LogP contribution in [-0.4, -0.2) is 42.7 Å². The van der Waals surface area contributed by atoms with Gasteiger partial charge in [-0.3, -0.25) is 20.2 Å². The van der Waals surface area contributed by atoms with Crippen LogP contribution >= 0.6 is 0 Å². The van der Waals surface area contributed by atoms with Crippen molar-refractivity contribution in [1.29, 1.82) is 0 Å². The Morgan fingerprint density at radius 2 is 2.04 bits per heavy atom. The number of benzene rings is 1. The summed E-state index contributed by atoms with van der Waals surface area (Å²) in [6.07, 6.45) is -4.22. The summed E-state index contributed by atoms with van der Waals surface area (Å²) in [4.78, 5) is 34.9. The van der Waals surface area contributed by atoms with Gasteiger partial charge in [-0.25, -0.2) is 4.79 Å². The molecule has 2 N–H and O–H groups in total. The Kier molecular flexibility index (Phi) is 4.90. The second-order valence-corrected chi connectivity index (χ2v) is 5.05. The monoisotopic (exact) mass is 346 g/mol. The van der Waals surface area contributed by atoms with E-state index in [9.17, 15) is 32.9 Å². The Hall–Kier alpha value is -2.85. The summed E-state index contributed by atoms with van der Waals surface area (Å²) in [5.41, 5.74) is 0.921. The van der Waals surface area contributed by atoms with Crippen LogP contribution in [0.5, 0.6) is 0 Å². The summed E-state index contributed by atoms with van der Waals surface area (Å²) in [7, 11) is 0. The molecular weight excluding hydrogens is 333 g/mol. The van der Waals surface area contributed by atoms with E-state index in [1.165, 1.54) is 22.3 Å². The number of rotatable bonds is 4. The number of nitro benzene ring substituents is 1. The lowest BCUT2D eigenvalue weighted by atomic mass is 10.1. The zero-order valence-corrected chi connectivity index (χ0v) is 12.2. The molecule has 1 aliphatic rings. The number of carbonyl (C=O) groups excluding carboxylic acids is 2. The first-order chi connectivity index (χ1) is 11.2. The molecule has 1 heterocycles. The number of amides is 3. The topological polar surface area (TPSA) is 105 Å². The molecule has 3 amide bonds. The first kappa shape index (κ1) is 17.5. The van der Waals surface area contributed by atoms with E-state index in [1.54, 1.807) is 11.4 Å². The number of nitrogens with zero attached hydrogens (tertiary/aromatic N) is 2. The van der Waals surface area contributed by atoms with Gasteiger partial charge in [0.05, 0.1) is 17.0 Å². The molecule has 0 aliphatic carbocycles. The van der Waals surface area contributed by atoms with Gasteiger partial charge in [0, 0.05) is 18.3 Å². The predicted octanol–water partition coefficient (Wildman–Crippen LogP) is 1.35. The van der Waals surface area contributed by atoms with E-state index in [-0.39, 0.29) is 12.2 Å². The molecule has 0 fully saturated rings. The highest BCUT2D eigenvalue weighted by Gasteiger charge is 2.29. The van der Waals surface area contributed by atoms with Gasteiger partial charge in [-0.15, -0.1) is 0 Å². The van der Waals surface area contributed by atoms with Crippen LogP contribution in [0, 0.1) is 10.1 Å². The summed E-state index contributed by atoms with van der Waals surface area (Å²) in [6.45, 7) is -1.52. The third kappa shape index (κ3) is 4.33. The molecule has 0 saturated carbocycles. The van der Waals surface area contributed by atoms with E-state index in [0.29, 0.717) is 24.2 Å². The SMILES string of the molecule is O=C(CN1CCc2c1cccc2[N+](=O)[O-])NC(=O)NCC(F)(F)F. The zero-order chi connectivity index (χ0) is 17.9. The van der Waals surface area contributed by atoms with Crippen molar-refractivity contribution in [3.05, 3.63) is 33.9 Å². The normalized spacial score (nSPS) is 13.4. The van der Waals surface area contributed by atoms with Crippen molar-refractivity contribution >= 4 is 23.3 Å². The number of fused-ring (bicyclic) bond motifs is 1. The van der Waals surface area contributed by atoms with Crippen molar-refractivity contribution in [1.82, 2.24) is 10.6 Å². The summed E-state index contributed by atoms with van der Waals surface area (Å²) in [5, 5.41) is 14.3. The maximum atomic E-state index is 12.0. The predicted molar refractivity (Wildman–Crippen MR) is 76.6 cm³/mol. The molecule has 0 bridgehead atoms. The number of hydrogen-bond acceptors (Lipinski definition) is 5. The van der Waals surface area contributed by atoms with Gasteiger partial charge in [0.25, 0.3) is 5.69 Å². The smallest absolute Gasteiger partial charge is 0.361 e. The van der Waals surface area contributed by atoms with Crippen LogP contribution in [-0.2, 0) is 11.2 Å². The second kappa shape index (κ2) is 6.72. The molecule has 24 heavy (non-hydrogen) atoms. The van der Waals surface area contributed by atoms with Gasteiger partial charge in [0.15, 0.2) is 0 Å². The van der Waals surface area contributed by atoms with Crippen molar-refractivity contribution in [3.63, 3.8) is 0 Å². The lowest BCUT2D eigenvalue weighted by Gasteiger charge is -2.18. The van der Waals surface area contributed by atoms with Crippen molar-refractivity contribution in [3.8, 4) is 0 Å². The van der Waals surface area contributed by atoms with Gasteiger partial charge in [0.2, 0.25) is 5.91 Å². The van der Waals surface area contributed by atoms with E-state index in [2.05, 4.69) is 0 Å². The van der Waals surface area contributed by atoms with E-state index in [1.807, 2.05) is 0 Å². The molecule has 8 nitrogen and oxygen atoms in total. The minimum absolute atomic E-state index is 0.0571. The molecule has 0 spiro atoms. The van der Waals surface area contributed by atoms with Gasteiger partial charge < -0.3 is 10.2 Å². The van der Waals surface area contributed by atoms with Crippen LogP contribution in [0.1, 0.15) is 5.56 Å². The van der Waals surface area contributed by atoms with Crippen molar-refractivity contribution in [2.45, 2.75) is 12.6 Å². The average Bonchev–Trinajstić information content (AvgIpc) is 2.87. The summed E-state index contributed by atoms with van der Waals surface area (Å²) < 4.78 is 35.9. The fraction of sp³-hybridized carbons (Fsp3) is 0.385. The van der Waals surface area contributed by atoms with Crippen LogP contribution in [0.15, 0.2) is 18.2 Å². The molecule has 0 unspecified atom stereocenters. The highest BCUT2D eigenvalue weighted by Crippen LogP contribution is 2.34. The highest BCUT2D eigenvalue weighted by atomic mass is 19.4. The second-order valence-electron chi connectivity index (χ2n) is 5.05. The van der Waals surface area contributed by atoms with Crippen LogP contribution in [0.3, 0.4) is 0 Å². The third-order valence-electron chi connectivity index (χ3n) is 3.33. The lowest BCUT2D eigenvalue weighted by molar-refractivity contribution is -0.385. The quantitative estimate of drug-likeness (QED) is 0.632. The summed E-state index contributed by atoms with van der Waals surface area (Å²) >= 11 is 0. The average molecular weight is 346 g/mol. The largest absolute Gasteiger partial charge is 0.405 e. The number of nitro groups is 1.